The number of hydrogen-bond acceptors (Lipinski definition) is 3. The Morgan fingerprint density at radius 1 is 1.33 bits per heavy atom. The van der Waals surface area contributed by atoms with E-state index in [0.29, 0.717) is 18.0 Å². The van der Waals surface area contributed by atoms with E-state index in [1.807, 2.05) is 7.11 Å². The molecule has 3 heteroatoms. The molecule has 1 rings (SSSR count). The molecule has 0 aromatic rings. The maximum atomic E-state index is 5.42. The van der Waals surface area contributed by atoms with Crippen LogP contribution in [0.4, 0.5) is 0 Å². The molecule has 3 atom stereocenters. The van der Waals surface area contributed by atoms with Crippen molar-refractivity contribution in [3.63, 3.8) is 0 Å². The Hall–Kier alpha value is -0.120. The third kappa shape index (κ3) is 4.52. The minimum absolute atomic E-state index is 0.557. The molecule has 1 aliphatic heterocycles. The van der Waals surface area contributed by atoms with Crippen LogP contribution in [-0.4, -0.2) is 50.3 Å². The molecule has 108 valence electrons. The van der Waals surface area contributed by atoms with Gasteiger partial charge in [0.15, 0.2) is 0 Å². The summed E-state index contributed by atoms with van der Waals surface area (Å²) >= 11 is 0. The monoisotopic (exact) mass is 256 g/mol. The van der Waals surface area contributed by atoms with Gasteiger partial charge in [0, 0.05) is 25.7 Å². The van der Waals surface area contributed by atoms with E-state index in [0.717, 1.165) is 19.1 Å². The first kappa shape index (κ1) is 15.9. The second-order valence-corrected chi connectivity index (χ2v) is 6.06. The van der Waals surface area contributed by atoms with E-state index in [9.17, 15) is 0 Å². The number of hydrogen-bond donors (Lipinski definition) is 1. The normalized spacial score (nSPS) is 26.0. The van der Waals surface area contributed by atoms with Crippen molar-refractivity contribution in [3.8, 4) is 0 Å². The average molecular weight is 256 g/mol. The van der Waals surface area contributed by atoms with Crippen LogP contribution in [0.15, 0.2) is 0 Å². The van der Waals surface area contributed by atoms with Crippen molar-refractivity contribution in [2.45, 2.75) is 52.6 Å². The van der Waals surface area contributed by atoms with Crippen molar-refractivity contribution in [3.05, 3.63) is 0 Å². The molecule has 1 aliphatic rings. The van der Waals surface area contributed by atoms with E-state index in [2.05, 4.69) is 37.9 Å². The van der Waals surface area contributed by atoms with Crippen LogP contribution in [-0.2, 0) is 4.74 Å². The Morgan fingerprint density at radius 3 is 2.61 bits per heavy atom. The van der Waals surface area contributed by atoms with E-state index < -0.39 is 0 Å². The quantitative estimate of drug-likeness (QED) is 0.789. The molecule has 1 fully saturated rings. The summed E-state index contributed by atoms with van der Waals surface area (Å²) in [5, 5.41) is 3.72. The first-order valence-corrected chi connectivity index (χ1v) is 7.56. The molecule has 3 unspecified atom stereocenters. The molecular formula is C15H32N2O. The van der Waals surface area contributed by atoms with Gasteiger partial charge in [-0.3, -0.25) is 4.90 Å². The predicted molar refractivity (Wildman–Crippen MR) is 77.9 cm³/mol. The maximum Gasteiger partial charge on any atom is 0.0620 e. The Balaban J connectivity index is 2.66. The summed E-state index contributed by atoms with van der Waals surface area (Å²) in [5.74, 6) is 1.40. The maximum absolute atomic E-state index is 5.42. The second-order valence-electron chi connectivity index (χ2n) is 6.06. The average Bonchev–Trinajstić information content (AvgIpc) is 2.60. The van der Waals surface area contributed by atoms with E-state index >= 15 is 0 Å². The van der Waals surface area contributed by atoms with Crippen LogP contribution in [0, 0.1) is 11.8 Å². The highest BCUT2D eigenvalue weighted by atomic mass is 16.5. The number of nitrogens with zero attached hydrogens (tertiary/aromatic N) is 1. The highest BCUT2D eigenvalue weighted by Crippen LogP contribution is 2.18. The zero-order chi connectivity index (χ0) is 13.5. The highest BCUT2D eigenvalue weighted by Gasteiger charge is 2.28. The lowest BCUT2D eigenvalue weighted by Crippen LogP contribution is -2.48. The van der Waals surface area contributed by atoms with Crippen molar-refractivity contribution in [2.75, 3.05) is 33.4 Å². The van der Waals surface area contributed by atoms with Gasteiger partial charge >= 0.3 is 0 Å². The summed E-state index contributed by atoms with van der Waals surface area (Å²) in [4.78, 5) is 2.64. The number of methoxy groups -OCH3 is 1. The molecule has 0 amide bonds. The van der Waals surface area contributed by atoms with Crippen molar-refractivity contribution in [2.24, 2.45) is 11.8 Å². The van der Waals surface area contributed by atoms with Crippen LogP contribution >= 0.6 is 0 Å². The SMILES string of the molecule is CCC(C)C1CN(C(COC)C(C)C)CCCN1. The summed E-state index contributed by atoms with van der Waals surface area (Å²) in [5.41, 5.74) is 0. The molecule has 3 nitrogen and oxygen atoms in total. The minimum Gasteiger partial charge on any atom is -0.383 e. The van der Waals surface area contributed by atoms with E-state index in [1.54, 1.807) is 0 Å². The Labute approximate surface area is 113 Å². The zero-order valence-electron chi connectivity index (χ0n) is 12.9. The van der Waals surface area contributed by atoms with Crippen molar-refractivity contribution in [1.82, 2.24) is 10.2 Å². The molecule has 0 spiro atoms. The highest BCUT2D eigenvalue weighted by molar-refractivity contribution is 4.85. The summed E-state index contributed by atoms with van der Waals surface area (Å²) in [6.07, 6.45) is 2.50. The zero-order valence-corrected chi connectivity index (χ0v) is 12.9. The van der Waals surface area contributed by atoms with Gasteiger partial charge in [-0.25, -0.2) is 0 Å². The Morgan fingerprint density at radius 2 is 2.06 bits per heavy atom. The lowest BCUT2D eigenvalue weighted by Gasteiger charge is -2.36. The molecule has 0 aliphatic carbocycles. The second kappa shape index (κ2) is 8.13. The van der Waals surface area contributed by atoms with Crippen molar-refractivity contribution >= 4 is 0 Å². The standard InChI is InChI=1S/C15H32N2O/c1-6-13(4)14-10-17(9-7-8-16-14)15(11-18-5)12(2)3/h12-16H,6-11H2,1-5H3. The van der Waals surface area contributed by atoms with Crippen LogP contribution in [0.1, 0.15) is 40.5 Å². The van der Waals surface area contributed by atoms with Crippen LogP contribution in [0.25, 0.3) is 0 Å². The van der Waals surface area contributed by atoms with Crippen LogP contribution in [0.2, 0.25) is 0 Å². The number of ether oxygens (including phenoxy) is 1. The topological polar surface area (TPSA) is 24.5 Å². The lowest BCUT2D eigenvalue weighted by molar-refractivity contribution is 0.0596. The van der Waals surface area contributed by atoms with Gasteiger partial charge in [0.05, 0.1) is 6.61 Å². The third-order valence-electron chi connectivity index (χ3n) is 4.37. The Kier molecular flexibility index (Phi) is 7.20. The molecule has 1 saturated heterocycles. The minimum atomic E-state index is 0.557. The van der Waals surface area contributed by atoms with Gasteiger partial charge in [-0.2, -0.15) is 0 Å². The fourth-order valence-corrected chi connectivity index (χ4v) is 2.84. The molecule has 0 radical (unpaired) electrons. The van der Waals surface area contributed by atoms with Gasteiger partial charge in [-0.05, 0) is 31.3 Å². The molecule has 0 aromatic heterocycles. The fraction of sp³-hybridized carbons (Fsp3) is 1.00. The van der Waals surface area contributed by atoms with Crippen LogP contribution in [0.5, 0.6) is 0 Å². The molecule has 0 saturated carbocycles. The van der Waals surface area contributed by atoms with Crippen molar-refractivity contribution < 1.29 is 4.74 Å². The summed E-state index contributed by atoms with van der Waals surface area (Å²) in [6.45, 7) is 13.6. The first-order chi connectivity index (χ1) is 8.60. The largest absolute Gasteiger partial charge is 0.383 e. The van der Waals surface area contributed by atoms with Gasteiger partial charge in [-0.15, -0.1) is 0 Å². The van der Waals surface area contributed by atoms with Gasteiger partial charge in [0.2, 0.25) is 0 Å². The predicted octanol–water partition coefficient (Wildman–Crippen LogP) is 2.37. The fourth-order valence-electron chi connectivity index (χ4n) is 2.84. The van der Waals surface area contributed by atoms with Crippen molar-refractivity contribution in [1.29, 1.82) is 0 Å². The molecule has 0 aromatic carbocycles. The number of rotatable bonds is 6. The molecule has 18 heavy (non-hydrogen) atoms. The van der Waals surface area contributed by atoms with Crippen LogP contribution in [0.3, 0.4) is 0 Å². The van der Waals surface area contributed by atoms with Gasteiger partial charge in [-0.1, -0.05) is 34.1 Å². The van der Waals surface area contributed by atoms with E-state index in [1.165, 1.54) is 25.9 Å². The van der Waals surface area contributed by atoms with E-state index in [4.69, 9.17) is 4.74 Å². The third-order valence-corrected chi connectivity index (χ3v) is 4.37. The molecule has 0 bridgehead atoms. The Bertz CT molecular complexity index is 221. The van der Waals surface area contributed by atoms with Gasteiger partial charge in [0.25, 0.3) is 0 Å². The van der Waals surface area contributed by atoms with Gasteiger partial charge < -0.3 is 10.1 Å². The summed E-state index contributed by atoms with van der Waals surface area (Å²) in [7, 11) is 1.82. The molecule has 1 heterocycles. The first-order valence-electron chi connectivity index (χ1n) is 7.56. The molecular weight excluding hydrogens is 224 g/mol. The van der Waals surface area contributed by atoms with Gasteiger partial charge in [0.1, 0.15) is 0 Å². The van der Waals surface area contributed by atoms with E-state index in [-0.39, 0.29) is 0 Å². The smallest absolute Gasteiger partial charge is 0.0620 e. The number of nitrogens with one attached hydrogen (secondary N) is 1. The molecule has 1 N–H and O–H groups in total. The van der Waals surface area contributed by atoms with Crippen LogP contribution < -0.4 is 5.32 Å². The lowest BCUT2D eigenvalue weighted by atomic mass is 9.97. The summed E-state index contributed by atoms with van der Waals surface area (Å²) < 4.78 is 5.42. The summed E-state index contributed by atoms with van der Waals surface area (Å²) in [6, 6.07) is 1.19.